The van der Waals surface area contributed by atoms with Crippen molar-refractivity contribution in [3.05, 3.63) is 34.6 Å². The van der Waals surface area contributed by atoms with Crippen LogP contribution in [0.1, 0.15) is 31.9 Å². The van der Waals surface area contributed by atoms with Gasteiger partial charge in [0.2, 0.25) is 0 Å². The van der Waals surface area contributed by atoms with Crippen molar-refractivity contribution >= 4 is 39.2 Å². The molecule has 2 rings (SSSR count). The second kappa shape index (κ2) is 7.38. The van der Waals surface area contributed by atoms with Gasteiger partial charge in [0.1, 0.15) is 6.33 Å². The van der Waals surface area contributed by atoms with Gasteiger partial charge in [0.25, 0.3) is 0 Å². The van der Waals surface area contributed by atoms with E-state index in [0.717, 1.165) is 21.8 Å². The Labute approximate surface area is 130 Å². The SMILES string of the molecule is CCCNC(C)c1cc(Br)ccc1Sc1ncns1. The summed E-state index contributed by atoms with van der Waals surface area (Å²) in [6.07, 6.45) is 2.74. The quantitative estimate of drug-likeness (QED) is 0.824. The predicted octanol–water partition coefficient (Wildman–Crippen LogP) is 4.51. The number of aromatic nitrogens is 2. The van der Waals surface area contributed by atoms with Gasteiger partial charge in [0.15, 0.2) is 4.34 Å². The molecule has 0 aliphatic heterocycles. The third kappa shape index (κ3) is 4.27. The van der Waals surface area contributed by atoms with Crippen LogP contribution in [0.2, 0.25) is 0 Å². The minimum absolute atomic E-state index is 0.327. The molecule has 0 aliphatic carbocycles. The average Bonchev–Trinajstić information content (AvgIpc) is 2.91. The summed E-state index contributed by atoms with van der Waals surface area (Å²) in [5.41, 5.74) is 1.29. The van der Waals surface area contributed by atoms with Gasteiger partial charge in [0.05, 0.1) is 0 Å². The molecule has 3 nitrogen and oxygen atoms in total. The summed E-state index contributed by atoms with van der Waals surface area (Å²) >= 11 is 6.65. The van der Waals surface area contributed by atoms with Crippen LogP contribution in [0.15, 0.2) is 38.2 Å². The van der Waals surface area contributed by atoms with Gasteiger partial charge in [0, 0.05) is 15.4 Å². The highest BCUT2D eigenvalue weighted by molar-refractivity contribution is 9.10. The molecule has 1 heterocycles. The van der Waals surface area contributed by atoms with E-state index >= 15 is 0 Å². The first kappa shape index (κ1) is 15.0. The molecule has 102 valence electrons. The average molecular weight is 358 g/mol. The normalized spacial score (nSPS) is 12.6. The zero-order valence-corrected chi connectivity index (χ0v) is 14.1. The maximum absolute atomic E-state index is 4.23. The van der Waals surface area contributed by atoms with Crippen molar-refractivity contribution in [3.63, 3.8) is 0 Å². The van der Waals surface area contributed by atoms with E-state index in [0.29, 0.717) is 6.04 Å². The molecule has 0 saturated heterocycles. The minimum atomic E-state index is 0.327. The van der Waals surface area contributed by atoms with Crippen LogP contribution in [0.3, 0.4) is 0 Å². The number of hydrogen-bond donors (Lipinski definition) is 1. The molecule has 1 atom stereocenters. The number of hydrogen-bond acceptors (Lipinski definition) is 5. The fourth-order valence-corrected chi connectivity index (χ4v) is 3.71. The molecule has 1 N–H and O–H groups in total. The van der Waals surface area contributed by atoms with Gasteiger partial charge in [-0.05, 0) is 55.2 Å². The summed E-state index contributed by atoms with van der Waals surface area (Å²) in [6.45, 7) is 5.40. The van der Waals surface area contributed by atoms with Crippen molar-refractivity contribution in [2.24, 2.45) is 0 Å². The summed E-state index contributed by atoms with van der Waals surface area (Å²) in [7, 11) is 0. The highest BCUT2D eigenvalue weighted by Gasteiger charge is 2.13. The Morgan fingerprint density at radius 2 is 2.32 bits per heavy atom. The number of halogens is 1. The maximum atomic E-state index is 4.23. The monoisotopic (exact) mass is 357 g/mol. The topological polar surface area (TPSA) is 37.8 Å². The van der Waals surface area contributed by atoms with E-state index in [9.17, 15) is 0 Å². The lowest BCUT2D eigenvalue weighted by Gasteiger charge is -2.17. The predicted molar refractivity (Wildman–Crippen MR) is 84.9 cm³/mol. The van der Waals surface area contributed by atoms with Crippen molar-refractivity contribution in [2.75, 3.05) is 6.54 Å². The molecule has 0 bridgehead atoms. The summed E-state index contributed by atoms with van der Waals surface area (Å²) in [5, 5.41) is 3.53. The molecular formula is C13H16BrN3S2. The van der Waals surface area contributed by atoms with E-state index in [4.69, 9.17) is 0 Å². The molecule has 0 fully saturated rings. The molecule has 0 saturated carbocycles. The van der Waals surface area contributed by atoms with E-state index in [2.05, 4.69) is 62.7 Å². The molecule has 6 heteroatoms. The van der Waals surface area contributed by atoms with Crippen LogP contribution < -0.4 is 5.32 Å². The highest BCUT2D eigenvalue weighted by Crippen LogP contribution is 2.35. The van der Waals surface area contributed by atoms with Gasteiger partial charge in [-0.3, -0.25) is 0 Å². The van der Waals surface area contributed by atoms with Gasteiger partial charge in [-0.15, -0.1) is 0 Å². The second-order valence-electron chi connectivity index (χ2n) is 4.17. The van der Waals surface area contributed by atoms with Crippen molar-refractivity contribution in [3.8, 4) is 0 Å². The van der Waals surface area contributed by atoms with E-state index in [-0.39, 0.29) is 0 Å². The fraction of sp³-hybridized carbons (Fsp3) is 0.385. The number of benzene rings is 1. The lowest BCUT2D eigenvalue weighted by Crippen LogP contribution is -2.19. The number of rotatable bonds is 6. The number of nitrogens with zero attached hydrogens (tertiary/aromatic N) is 2. The largest absolute Gasteiger partial charge is 0.310 e. The Hall–Kier alpha value is -0.430. The van der Waals surface area contributed by atoms with Gasteiger partial charge < -0.3 is 5.32 Å². The fourth-order valence-electron chi connectivity index (χ4n) is 1.72. The van der Waals surface area contributed by atoms with Crippen LogP contribution in [0, 0.1) is 0 Å². The molecule has 0 amide bonds. The Morgan fingerprint density at radius 3 is 3.00 bits per heavy atom. The summed E-state index contributed by atoms with van der Waals surface area (Å²) in [4.78, 5) is 5.47. The van der Waals surface area contributed by atoms with Gasteiger partial charge in [-0.1, -0.05) is 34.6 Å². The first-order valence-electron chi connectivity index (χ1n) is 6.18. The Kier molecular flexibility index (Phi) is 5.81. The lowest BCUT2D eigenvalue weighted by molar-refractivity contribution is 0.563. The Balaban J connectivity index is 2.22. The van der Waals surface area contributed by atoms with Gasteiger partial charge in [-0.2, -0.15) is 4.37 Å². The molecule has 1 aromatic carbocycles. The van der Waals surface area contributed by atoms with Crippen LogP contribution in [0.5, 0.6) is 0 Å². The minimum Gasteiger partial charge on any atom is -0.310 e. The zero-order chi connectivity index (χ0) is 13.7. The smallest absolute Gasteiger partial charge is 0.174 e. The molecule has 0 radical (unpaired) electrons. The third-order valence-corrected chi connectivity index (χ3v) is 4.98. The first-order chi connectivity index (χ1) is 9.20. The van der Waals surface area contributed by atoms with Crippen molar-refractivity contribution < 1.29 is 0 Å². The molecular weight excluding hydrogens is 342 g/mol. The number of nitrogens with one attached hydrogen (secondary N) is 1. The van der Waals surface area contributed by atoms with Gasteiger partial charge in [-0.25, -0.2) is 4.98 Å². The Bertz CT molecular complexity index is 517. The summed E-state index contributed by atoms with van der Waals surface area (Å²) < 4.78 is 6.13. The van der Waals surface area contributed by atoms with Crippen molar-refractivity contribution in [1.29, 1.82) is 0 Å². The van der Waals surface area contributed by atoms with Crippen LogP contribution >= 0.6 is 39.2 Å². The van der Waals surface area contributed by atoms with E-state index in [1.54, 1.807) is 18.1 Å². The van der Waals surface area contributed by atoms with Crippen molar-refractivity contribution in [2.45, 2.75) is 35.5 Å². The van der Waals surface area contributed by atoms with Crippen LogP contribution in [0.25, 0.3) is 0 Å². The standard InChI is InChI=1S/C13H16BrN3S2/c1-3-6-15-9(2)11-7-10(14)4-5-12(11)18-13-16-8-17-19-13/h4-5,7-9,15H,3,6H2,1-2H3. The lowest BCUT2D eigenvalue weighted by atomic mass is 10.1. The molecule has 0 aliphatic rings. The Morgan fingerprint density at radius 1 is 1.47 bits per heavy atom. The summed E-state index contributed by atoms with van der Waals surface area (Å²) in [5.74, 6) is 0. The van der Waals surface area contributed by atoms with E-state index in [1.165, 1.54) is 22.0 Å². The van der Waals surface area contributed by atoms with Crippen LogP contribution in [-0.2, 0) is 0 Å². The molecule has 0 spiro atoms. The van der Waals surface area contributed by atoms with Crippen LogP contribution in [-0.4, -0.2) is 15.9 Å². The second-order valence-corrected chi connectivity index (χ2v) is 7.15. The first-order valence-corrected chi connectivity index (χ1v) is 8.56. The summed E-state index contributed by atoms with van der Waals surface area (Å²) in [6, 6.07) is 6.71. The zero-order valence-electron chi connectivity index (χ0n) is 10.9. The molecule has 2 aromatic rings. The van der Waals surface area contributed by atoms with E-state index in [1.807, 2.05) is 0 Å². The van der Waals surface area contributed by atoms with E-state index < -0.39 is 0 Å². The third-order valence-electron chi connectivity index (χ3n) is 2.68. The molecule has 1 unspecified atom stereocenters. The van der Waals surface area contributed by atoms with Crippen molar-refractivity contribution in [1.82, 2.24) is 14.7 Å². The van der Waals surface area contributed by atoms with Gasteiger partial charge >= 0.3 is 0 Å². The van der Waals surface area contributed by atoms with Crippen LogP contribution in [0.4, 0.5) is 0 Å². The maximum Gasteiger partial charge on any atom is 0.174 e. The highest BCUT2D eigenvalue weighted by atomic mass is 79.9. The molecule has 19 heavy (non-hydrogen) atoms. The molecule has 1 aromatic heterocycles.